The van der Waals surface area contributed by atoms with E-state index in [9.17, 15) is 9.59 Å². The molecule has 1 aromatic carbocycles. The SMILES string of the molecule is CC(=O)N1CCC[C@H](C(=O)NC[C@@H](c2ccccc2Cl)N2CCOCC2)C1. The summed E-state index contributed by atoms with van der Waals surface area (Å²) in [7, 11) is 0. The maximum absolute atomic E-state index is 12.7. The Kier molecular flexibility index (Phi) is 7.10. The summed E-state index contributed by atoms with van der Waals surface area (Å²) in [4.78, 5) is 28.4. The Hall–Kier alpha value is -1.63. The van der Waals surface area contributed by atoms with Gasteiger partial charge in [0.15, 0.2) is 0 Å². The fourth-order valence-corrected chi connectivity index (χ4v) is 4.15. The van der Waals surface area contributed by atoms with Crippen molar-refractivity contribution >= 4 is 23.4 Å². The molecule has 2 aliphatic heterocycles. The average Bonchev–Trinajstić information content (AvgIpc) is 2.70. The van der Waals surface area contributed by atoms with Crippen LogP contribution < -0.4 is 5.32 Å². The normalized spacial score (nSPS) is 22.3. The van der Waals surface area contributed by atoms with E-state index in [0.29, 0.717) is 31.3 Å². The Balaban J connectivity index is 1.66. The number of benzene rings is 1. The van der Waals surface area contributed by atoms with Crippen LogP contribution in [-0.2, 0) is 14.3 Å². The van der Waals surface area contributed by atoms with Crippen molar-refractivity contribution < 1.29 is 14.3 Å². The molecule has 0 bridgehead atoms. The van der Waals surface area contributed by atoms with Crippen LogP contribution in [0.15, 0.2) is 24.3 Å². The molecule has 0 radical (unpaired) electrons. The highest BCUT2D eigenvalue weighted by molar-refractivity contribution is 6.31. The van der Waals surface area contributed by atoms with E-state index in [0.717, 1.165) is 38.0 Å². The van der Waals surface area contributed by atoms with Gasteiger partial charge in [0.2, 0.25) is 11.8 Å². The lowest BCUT2D eigenvalue weighted by atomic mass is 9.96. The fraction of sp³-hybridized carbons (Fsp3) is 0.600. The first-order valence-corrected chi connectivity index (χ1v) is 10.0. The molecule has 0 saturated carbocycles. The fourth-order valence-electron chi connectivity index (χ4n) is 3.89. The molecule has 6 nitrogen and oxygen atoms in total. The largest absolute Gasteiger partial charge is 0.379 e. The molecule has 2 atom stereocenters. The minimum absolute atomic E-state index is 0.0130. The van der Waals surface area contributed by atoms with Crippen LogP contribution in [0.2, 0.25) is 5.02 Å². The minimum atomic E-state index is -0.140. The van der Waals surface area contributed by atoms with Gasteiger partial charge in [-0.05, 0) is 24.5 Å². The molecular weight excluding hydrogens is 366 g/mol. The lowest BCUT2D eigenvalue weighted by Gasteiger charge is -2.36. The number of nitrogens with zero attached hydrogens (tertiary/aromatic N) is 2. The highest BCUT2D eigenvalue weighted by atomic mass is 35.5. The van der Waals surface area contributed by atoms with Crippen molar-refractivity contribution in [2.75, 3.05) is 45.9 Å². The molecule has 2 heterocycles. The van der Waals surface area contributed by atoms with Crippen LogP contribution in [0.1, 0.15) is 31.4 Å². The summed E-state index contributed by atoms with van der Waals surface area (Å²) in [5, 5.41) is 3.83. The molecule has 2 saturated heterocycles. The number of ether oxygens (including phenoxy) is 1. The number of amides is 2. The van der Waals surface area contributed by atoms with Gasteiger partial charge in [-0.1, -0.05) is 29.8 Å². The number of carbonyl (C=O) groups excluding carboxylic acids is 2. The average molecular weight is 394 g/mol. The maximum atomic E-state index is 12.7. The van der Waals surface area contributed by atoms with Crippen molar-refractivity contribution in [2.45, 2.75) is 25.8 Å². The smallest absolute Gasteiger partial charge is 0.224 e. The van der Waals surface area contributed by atoms with E-state index < -0.39 is 0 Å². The Bertz CT molecular complexity index is 664. The summed E-state index contributed by atoms with van der Waals surface area (Å²) in [5.74, 6) is -0.0831. The van der Waals surface area contributed by atoms with Gasteiger partial charge in [0.25, 0.3) is 0 Å². The molecule has 7 heteroatoms. The summed E-state index contributed by atoms with van der Waals surface area (Å²) in [6.45, 7) is 6.31. The van der Waals surface area contributed by atoms with Gasteiger partial charge in [0.1, 0.15) is 0 Å². The van der Waals surface area contributed by atoms with Crippen molar-refractivity contribution in [1.29, 1.82) is 0 Å². The Labute approximate surface area is 165 Å². The molecule has 3 rings (SSSR count). The molecule has 27 heavy (non-hydrogen) atoms. The first-order chi connectivity index (χ1) is 13.1. The second-order valence-corrected chi connectivity index (χ2v) is 7.64. The van der Waals surface area contributed by atoms with Crippen LogP contribution in [-0.4, -0.2) is 67.6 Å². The van der Waals surface area contributed by atoms with Gasteiger partial charge < -0.3 is 15.0 Å². The highest BCUT2D eigenvalue weighted by Gasteiger charge is 2.29. The number of hydrogen-bond donors (Lipinski definition) is 1. The minimum Gasteiger partial charge on any atom is -0.379 e. The number of likely N-dealkylation sites (tertiary alicyclic amines) is 1. The van der Waals surface area contributed by atoms with Crippen molar-refractivity contribution in [3.63, 3.8) is 0 Å². The van der Waals surface area contributed by atoms with E-state index in [2.05, 4.69) is 10.2 Å². The Morgan fingerprint density at radius 3 is 2.70 bits per heavy atom. The first-order valence-electron chi connectivity index (χ1n) is 9.65. The second-order valence-electron chi connectivity index (χ2n) is 7.23. The molecule has 2 aliphatic rings. The number of hydrogen-bond acceptors (Lipinski definition) is 4. The number of rotatable bonds is 5. The second kappa shape index (κ2) is 9.53. The third-order valence-corrected chi connectivity index (χ3v) is 5.80. The Morgan fingerprint density at radius 1 is 1.26 bits per heavy atom. The van der Waals surface area contributed by atoms with Crippen LogP contribution in [0.3, 0.4) is 0 Å². The number of carbonyl (C=O) groups is 2. The van der Waals surface area contributed by atoms with Gasteiger partial charge in [-0.25, -0.2) is 0 Å². The molecule has 148 valence electrons. The Morgan fingerprint density at radius 2 is 2.00 bits per heavy atom. The van der Waals surface area contributed by atoms with Crippen LogP contribution in [0.5, 0.6) is 0 Å². The van der Waals surface area contributed by atoms with Gasteiger partial charge >= 0.3 is 0 Å². The van der Waals surface area contributed by atoms with E-state index >= 15 is 0 Å². The summed E-state index contributed by atoms with van der Waals surface area (Å²) >= 11 is 6.44. The van der Waals surface area contributed by atoms with Crippen LogP contribution in [0, 0.1) is 5.92 Å². The molecule has 1 N–H and O–H groups in total. The third-order valence-electron chi connectivity index (χ3n) is 5.46. The number of nitrogens with one attached hydrogen (secondary N) is 1. The van der Waals surface area contributed by atoms with Crippen LogP contribution >= 0.6 is 11.6 Å². The molecule has 2 fully saturated rings. The van der Waals surface area contributed by atoms with Crippen LogP contribution in [0.4, 0.5) is 0 Å². The van der Waals surface area contributed by atoms with Crippen molar-refractivity contribution in [1.82, 2.24) is 15.1 Å². The van der Waals surface area contributed by atoms with Gasteiger partial charge in [-0.3, -0.25) is 14.5 Å². The molecule has 2 amide bonds. The summed E-state index contributed by atoms with van der Waals surface area (Å²) in [6, 6.07) is 7.81. The van der Waals surface area contributed by atoms with E-state index in [1.165, 1.54) is 0 Å². The molecule has 0 spiro atoms. The highest BCUT2D eigenvalue weighted by Crippen LogP contribution is 2.28. The van der Waals surface area contributed by atoms with E-state index in [-0.39, 0.29) is 23.8 Å². The first kappa shape index (κ1) is 20.1. The van der Waals surface area contributed by atoms with Gasteiger partial charge in [0.05, 0.1) is 25.2 Å². The van der Waals surface area contributed by atoms with Crippen molar-refractivity contribution in [3.8, 4) is 0 Å². The van der Waals surface area contributed by atoms with Crippen LogP contribution in [0.25, 0.3) is 0 Å². The van der Waals surface area contributed by atoms with Gasteiger partial charge in [-0.2, -0.15) is 0 Å². The summed E-state index contributed by atoms with van der Waals surface area (Å²) in [5.41, 5.74) is 1.02. The zero-order chi connectivity index (χ0) is 19.2. The topological polar surface area (TPSA) is 61.9 Å². The monoisotopic (exact) mass is 393 g/mol. The van der Waals surface area contributed by atoms with Crippen molar-refractivity contribution in [3.05, 3.63) is 34.9 Å². The van der Waals surface area contributed by atoms with E-state index in [4.69, 9.17) is 16.3 Å². The van der Waals surface area contributed by atoms with Gasteiger partial charge in [0, 0.05) is 44.7 Å². The lowest BCUT2D eigenvalue weighted by molar-refractivity contribution is -0.134. The van der Waals surface area contributed by atoms with E-state index in [1.54, 1.807) is 11.8 Å². The molecule has 0 aliphatic carbocycles. The predicted molar refractivity (Wildman–Crippen MR) is 105 cm³/mol. The number of morpholine rings is 1. The van der Waals surface area contributed by atoms with Crippen molar-refractivity contribution in [2.24, 2.45) is 5.92 Å². The summed E-state index contributed by atoms with van der Waals surface area (Å²) in [6.07, 6.45) is 1.69. The predicted octanol–water partition coefficient (Wildman–Crippen LogP) is 2.09. The zero-order valence-corrected chi connectivity index (χ0v) is 16.6. The maximum Gasteiger partial charge on any atom is 0.224 e. The quantitative estimate of drug-likeness (QED) is 0.832. The molecular formula is C20H28ClN3O3. The standard InChI is InChI=1S/C20H28ClN3O3/c1-15(25)24-8-4-5-16(14-24)20(26)22-13-19(23-9-11-27-12-10-23)17-6-2-3-7-18(17)21/h2-3,6-7,16,19H,4-5,8-14H2,1H3,(H,22,26)/t16-,19-/m0/s1. The number of halogens is 1. The third kappa shape index (κ3) is 5.21. The molecule has 1 aromatic rings. The molecule has 0 unspecified atom stereocenters. The zero-order valence-electron chi connectivity index (χ0n) is 15.8. The van der Waals surface area contributed by atoms with Gasteiger partial charge in [-0.15, -0.1) is 0 Å². The lowest BCUT2D eigenvalue weighted by Crippen LogP contribution is -2.48. The van der Waals surface area contributed by atoms with E-state index in [1.807, 2.05) is 24.3 Å². The summed E-state index contributed by atoms with van der Waals surface area (Å²) < 4.78 is 5.47. The molecule has 0 aromatic heterocycles. The number of piperidine rings is 1.